The Bertz CT molecular complexity index is 1380. The molecular weight excluding hydrogens is 350 g/mol. The average molecular weight is 367 g/mol. The lowest BCUT2D eigenvalue weighted by Gasteiger charge is -2.10. The number of benzene rings is 2. The van der Waals surface area contributed by atoms with Crippen molar-refractivity contribution in [3.63, 3.8) is 0 Å². The molecule has 0 saturated heterocycles. The lowest BCUT2D eigenvalue weighted by molar-refractivity contribution is 1.08. The van der Waals surface area contributed by atoms with Gasteiger partial charge in [-0.05, 0) is 25.5 Å². The zero-order chi connectivity index (χ0) is 19.3. The van der Waals surface area contributed by atoms with Crippen LogP contribution in [0.4, 0.5) is 0 Å². The van der Waals surface area contributed by atoms with Crippen molar-refractivity contribution in [3.05, 3.63) is 82.4 Å². The van der Waals surface area contributed by atoms with Crippen LogP contribution in [-0.2, 0) is 0 Å². The molecule has 0 atom stereocenters. The highest BCUT2D eigenvalue weighted by molar-refractivity contribution is 5.95. The van der Waals surface area contributed by atoms with E-state index in [1.54, 1.807) is 0 Å². The summed E-state index contributed by atoms with van der Waals surface area (Å²) < 4.78 is 1.41. The molecule has 5 rings (SSSR count). The number of nitrogens with zero attached hydrogens (tertiary/aromatic N) is 4. The fraction of sp³-hybridized carbons (Fsp3) is 0.0909. The van der Waals surface area contributed by atoms with Gasteiger partial charge in [-0.25, -0.2) is 14.5 Å². The average Bonchev–Trinajstić information content (AvgIpc) is 3.17. The highest BCUT2D eigenvalue weighted by Crippen LogP contribution is 2.30. The van der Waals surface area contributed by atoms with Crippen molar-refractivity contribution in [1.82, 2.24) is 24.6 Å². The molecule has 0 bridgehead atoms. The second kappa shape index (κ2) is 6.13. The molecule has 28 heavy (non-hydrogen) atoms. The molecule has 0 aliphatic heterocycles. The van der Waals surface area contributed by atoms with Gasteiger partial charge in [0.15, 0.2) is 5.65 Å². The van der Waals surface area contributed by atoms with Gasteiger partial charge in [0.05, 0.1) is 11.1 Å². The van der Waals surface area contributed by atoms with Gasteiger partial charge in [0, 0.05) is 11.1 Å². The van der Waals surface area contributed by atoms with E-state index in [-0.39, 0.29) is 5.56 Å². The summed E-state index contributed by atoms with van der Waals surface area (Å²) in [6.07, 6.45) is 1.44. The lowest BCUT2D eigenvalue weighted by Crippen LogP contribution is -2.15. The van der Waals surface area contributed by atoms with Gasteiger partial charge >= 0.3 is 0 Å². The van der Waals surface area contributed by atoms with Crippen LogP contribution < -0.4 is 5.56 Å². The van der Waals surface area contributed by atoms with Gasteiger partial charge in [-0.1, -0.05) is 59.7 Å². The number of aromatic nitrogens is 5. The molecule has 1 N–H and O–H groups in total. The Morgan fingerprint density at radius 2 is 1.50 bits per heavy atom. The maximum atomic E-state index is 13.1. The predicted octanol–water partition coefficient (Wildman–Crippen LogP) is 3.92. The molecular formula is C22H17N5O. The van der Waals surface area contributed by atoms with Crippen LogP contribution in [0.2, 0.25) is 0 Å². The van der Waals surface area contributed by atoms with E-state index >= 15 is 0 Å². The number of hydrogen-bond donors (Lipinski definition) is 1. The fourth-order valence-electron chi connectivity index (χ4n) is 3.36. The fourth-order valence-corrected chi connectivity index (χ4v) is 3.36. The highest BCUT2D eigenvalue weighted by Gasteiger charge is 2.16. The summed E-state index contributed by atoms with van der Waals surface area (Å²) in [5.41, 5.74) is 6.08. The van der Waals surface area contributed by atoms with E-state index in [4.69, 9.17) is 4.98 Å². The molecule has 6 heteroatoms. The molecule has 0 aliphatic carbocycles. The van der Waals surface area contributed by atoms with Crippen molar-refractivity contribution in [2.75, 3.05) is 0 Å². The van der Waals surface area contributed by atoms with E-state index in [2.05, 4.69) is 15.2 Å². The Kier molecular flexibility index (Phi) is 3.58. The van der Waals surface area contributed by atoms with Crippen molar-refractivity contribution >= 4 is 16.8 Å². The Balaban J connectivity index is 1.89. The summed E-state index contributed by atoms with van der Waals surface area (Å²) in [5, 5.41) is 7.17. The smallest absolute Gasteiger partial charge is 0.268 e. The molecule has 0 unspecified atom stereocenters. The topological polar surface area (TPSA) is 75.9 Å². The van der Waals surface area contributed by atoms with Crippen molar-refractivity contribution in [2.24, 2.45) is 0 Å². The second-order valence-electron chi connectivity index (χ2n) is 6.95. The SMILES string of the molecule is Cc1ccc(-c2cc(-c3ccc(C)cc3)c3c(=O)n4cn[nH]c4nc3n2)cc1. The molecule has 0 amide bonds. The zero-order valence-electron chi connectivity index (χ0n) is 15.5. The van der Waals surface area contributed by atoms with Crippen LogP contribution in [0.1, 0.15) is 11.1 Å². The third kappa shape index (κ3) is 2.58. The monoisotopic (exact) mass is 367 g/mol. The molecule has 5 aromatic rings. The summed E-state index contributed by atoms with van der Waals surface area (Å²) in [4.78, 5) is 22.4. The lowest BCUT2D eigenvalue weighted by atomic mass is 9.99. The summed E-state index contributed by atoms with van der Waals surface area (Å²) in [6.45, 7) is 4.09. The minimum Gasteiger partial charge on any atom is -0.268 e. The second-order valence-corrected chi connectivity index (χ2v) is 6.95. The Hall–Kier alpha value is -3.80. The molecule has 6 nitrogen and oxygen atoms in total. The first-order chi connectivity index (χ1) is 13.6. The van der Waals surface area contributed by atoms with Gasteiger partial charge in [-0.2, -0.15) is 10.1 Å². The minimum atomic E-state index is -0.188. The van der Waals surface area contributed by atoms with E-state index in [1.807, 2.05) is 68.4 Å². The maximum absolute atomic E-state index is 13.1. The van der Waals surface area contributed by atoms with Crippen LogP contribution in [0.15, 0.2) is 65.7 Å². The number of H-pyrrole nitrogens is 1. The van der Waals surface area contributed by atoms with E-state index in [0.29, 0.717) is 16.8 Å². The predicted molar refractivity (Wildman–Crippen MR) is 109 cm³/mol. The van der Waals surface area contributed by atoms with Crippen LogP contribution in [0.5, 0.6) is 0 Å². The largest absolute Gasteiger partial charge is 0.270 e. The molecule has 3 heterocycles. The first-order valence-corrected chi connectivity index (χ1v) is 9.01. The third-order valence-electron chi connectivity index (χ3n) is 4.92. The summed E-state index contributed by atoms with van der Waals surface area (Å²) in [6, 6.07) is 18.2. The Labute approximate surface area is 160 Å². The van der Waals surface area contributed by atoms with Crippen LogP contribution in [0.25, 0.3) is 39.2 Å². The number of aromatic amines is 1. The van der Waals surface area contributed by atoms with Crippen LogP contribution in [0, 0.1) is 13.8 Å². The van der Waals surface area contributed by atoms with Gasteiger partial charge in [-0.3, -0.25) is 4.79 Å². The van der Waals surface area contributed by atoms with Gasteiger partial charge in [0.1, 0.15) is 6.33 Å². The zero-order valence-corrected chi connectivity index (χ0v) is 15.5. The number of fused-ring (bicyclic) bond motifs is 2. The van der Waals surface area contributed by atoms with Crippen LogP contribution in [0.3, 0.4) is 0 Å². The standard InChI is InChI=1S/C22H17N5O/c1-13-3-7-15(8-4-13)17-11-18(16-9-5-14(2)6-10-16)24-20-19(17)21(28)27-12-23-26-22(27)25-20/h3-12H,1-2H3,(H,24,25,26). The number of rotatable bonds is 2. The number of pyridine rings is 1. The minimum absolute atomic E-state index is 0.188. The quantitative estimate of drug-likeness (QED) is 0.513. The number of aryl methyl sites for hydroxylation is 2. The molecule has 0 aliphatic rings. The van der Waals surface area contributed by atoms with Gasteiger partial charge in [-0.15, -0.1) is 0 Å². The number of nitrogens with one attached hydrogen (secondary N) is 1. The van der Waals surface area contributed by atoms with Crippen molar-refractivity contribution in [2.45, 2.75) is 13.8 Å². The molecule has 0 fully saturated rings. The maximum Gasteiger partial charge on any atom is 0.270 e. The summed E-state index contributed by atoms with van der Waals surface area (Å²) >= 11 is 0. The Morgan fingerprint density at radius 1 is 0.857 bits per heavy atom. The highest BCUT2D eigenvalue weighted by atomic mass is 16.1. The van der Waals surface area contributed by atoms with Crippen LogP contribution in [-0.4, -0.2) is 24.6 Å². The van der Waals surface area contributed by atoms with E-state index < -0.39 is 0 Å². The van der Waals surface area contributed by atoms with Gasteiger partial charge in [0.25, 0.3) is 5.56 Å². The van der Waals surface area contributed by atoms with Gasteiger partial charge in [0.2, 0.25) is 5.78 Å². The van der Waals surface area contributed by atoms with E-state index in [0.717, 1.165) is 27.9 Å². The molecule has 0 radical (unpaired) electrons. The van der Waals surface area contributed by atoms with E-state index in [9.17, 15) is 4.79 Å². The van der Waals surface area contributed by atoms with Crippen molar-refractivity contribution < 1.29 is 0 Å². The Morgan fingerprint density at radius 3 is 2.18 bits per heavy atom. The molecule has 3 aromatic heterocycles. The first-order valence-electron chi connectivity index (χ1n) is 9.01. The van der Waals surface area contributed by atoms with Crippen molar-refractivity contribution in [3.8, 4) is 22.4 Å². The summed E-state index contributed by atoms with van der Waals surface area (Å²) in [7, 11) is 0. The molecule has 136 valence electrons. The van der Waals surface area contributed by atoms with Gasteiger partial charge < -0.3 is 0 Å². The third-order valence-corrected chi connectivity index (χ3v) is 4.92. The number of hydrogen-bond acceptors (Lipinski definition) is 4. The van der Waals surface area contributed by atoms with Crippen molar-refractivity contribution in [1.29, 1.82) is 0 Å². The summed E-state index contributed by atoms with van der Waals surface area (Å²) in [5.74, 6) is 0.376. The first kappa shape index (κ1) is 16.4. The normalized spacial score (nSPS) is 11.4. The molecule has 0 saturated carbocycles. The van der Waals surface area contributed by atoms with Crippen LogP contribution >= 0.6 is 0 Å². The molecule has 2 aromatic carbocycles. The van der Waals surface area contributed by atoms with E-state index in [1.165, 1.54) is 16.3 Å². The molecule has 0 spiro atoms.